The van der Waals surface area contributed by atoms with Gasteiger partial charge in [0.1, 0.15) is 18.1 Å². The summed E-state index contributed by atoms with van der Waals surface area (Å²) in [6.45, 7) is 6.07. The van der Waals surface area contributed by atoms with Crippen molar-refractivity contribution in [1.82, 2.24) is 0 Å². The summed E-state index contributed by atoms with van der Waals surface area (Å²) in [5, 5.41) is 0.903. The first-order valence-electron chi connectivity index (χ1n) is 7.25. The maximum atomic E-state index is 12.5. The van der Waals surface area contributed by atoms with Crippen molar-refractivity contribution in [3.05, 3.63) is 75.5 Å². The molecule has 122 valence electrons. The molecular weight excluding hydrogens is 347 g/mol. The Hall–Kier alpha value is -2.23. The summed E-state index contributed by atoms with van der Waals surface area (Å²) in [7, 11) is 0. The molecule has 0 atom stereocenters. The average molecular weight is 361 g/mol. The topological polar surface area (TPSA) is 35.5 Å². The minimum atomic E-state index is -0.215. The number of allylic oxidation sites excluding steroid dienone is 1. The number of carbonyl (C=O) groups is 1. The van der Waals surface area contributed by atoms with Crippen LogP contribution in [0.4, 0.5) is 0 Å². The second kappa shape index (κ2) is 6.71. The van der Waals surface area contributed by atoms with E-state index in [1.807, 2.05) is 6.92 Å². The third-order valence-corrected chi connectivity index (χ3v) is 4.06. The van der Waals surface area contributed by atoms with Gasteiger partial charge in [0.2, 0.25) is 5.78 Å². The van der Waals surface area contributed by atoms with Gasteiger partial charge in [0, 0.05) is 21.7 Å². The number of ether oxygens (including phenoxy) is 2. The number of halogens is 2. The van der Waals surface area contributed by atoms with E-state index in [-0.39, 0.29) is 11.5 Å². The molecule has 0 amide bonds. The fraction of sp³-hybridized carbons (Fsp3) is 0.105. The Kier molecular flexibility index (Phi) is 4.65. The smallest absolute Gasteiger partial charge is 0.231 e. The molecule has 1 aliphatic heterocycles. The molecule has 1 heterocycles. The molecule has 5 heteroatoms. The molecule has 24 heavy (non-hydrogen) atoms. The Balaban J connectivity index is 1.90. The van der Waals surface area contributed by atoms with Gasteiger partial charge in [-0.05, 0) is 42.8 Å². The van der Waals surface area contributed by atoms with Crippen LogP contribution in [-0.4, -0.2) is 12.4 Å². The molecule has 2 aromatic rings. The quantitative estimate of drug-likeness (QED) is 0.528. The fourth-order valence-corrected chi connectivity index (χ4v) is 2.75. The van der Waals surface area contributed by atoms with Gasteiger partial charge in [-0.15, -0.1) is 0 Å². The number of ketones is 1. The van der Waals surface area contributed by atoms with Crippen LogP contribution in [0.3, 0.4) is 0 Å². The molecule has 3 nitrogen and oxygen atoms in total. The monoisotopic (exact) mass is 360 g/mol. The lowest BCUT2D eigenvalue weighted by Gasteiger charge is -2.06. The van der Waals surface area contributed by atoms with E-state index in [4.69, 9.17) is 32.7 Å². The highest BCUT2D eigenvalue weighted by atomic mass is 35.5. The SMILES string of the molecule is C=C(C)COc1ccc2c(c1)O/C(=C\c1c(Cl)cccc1Cl)C2=O. The fourth-order valence-electron chi connectivity index (χ4n) is 2.24. The zero-order valence-electron chi connectivity index (χ0n) is 12.9. The molecule has 0 saturated carbocycles. The van der Waals surface area contributed by atoms with E-state index in [2.05, 4.69) is 6.58 Å². The normalized spacial score (nSPS) is 14.5. The first-order chi connectivity index (χ1) is 11.5. The molecule has 0 radical (unpaired) electrons. The van der Waals surface area contributed by atoms with E-state index >= 15 is 0 Å². The maximum Gasteiger partial charge on any atom is 0.231 e. The van der Waals surface area contributed by atoms with Crippen LogP contribution in [0.1, 0.15) is 22.8 Å². The van der Waals surface area contributed by atoms with Crippen molar-refractivity contribution in [2.75, 3.05) is 6.61 Å². The summed E-state index contributed by atoms with van der Waals surface area (Å²) in [4.78, 5) is 12.5. The van der Waals surface area contributed by atoms with Crippen molar-refractivity contribution in [2.45, 2.75) is 6.92 Å². The van der Waals surface area contributed by atoms with E-state index in [0.29, 0.717) is 39.3 Å². The number of Topliss-reactive ketones (excluding diaryl/α,β-unsaturated/α-hetero) is 1. The Morgan fingerprint density at radius 3 is 2.62 bits per heavy atom. The van der Waals surface area contributed by atoms with Crippen LogP contribution >= 0.6 is 23.2 Å². The lowest BCUT2D eigenvalue weighted by molar-refractivity contribution is 0.101. The third kappa shape index (κ3) is 3.32. The number of rotatable bonds is 4. The average Bonchev–Trinajstić information content (AvgIpc) is 2.85. The van der Waals surface area contributed by atoms with Crippen molar-refractivity contribution in [3.8, 4) is 11.5 Å². The summed E-state index contributed by atoms with van der Waals surface area (Å²) in [5.74, 6) is 1.03. The van der Waals surface area contributed by atoms with E-state index < -0.39 is 0 Å². The summed E-state index contributed by atoms with van der Waals surface area (Å²) in [6.07, 6.45) is 1.56. The third-order valence-electron chi connectivity index (χ3n) is 3.40. The van der Waals surface area contributed by atoms with E-state index in [1.54, 1.807) is 42.5 Å². The van der Waals surface area contributed by atoms with E-state index in [9.17, 15) is 4.79 Å². The summed E-state index contributed by atoms with van der Waals surface area (Å²) < 4.78 is 11.2. The van der Waals surface area contributed by atoms with Gasteiger partial charge in [-0.2, -0.15) is 0 Å². The van der Waals surface area contributed by atoms with Gasteiger partial charge in [0.05, 0.1) is 5.56 Å². The highest BCUT2D eigenvalue weighted by Crippen LogP contribution is 2.36. The Bertz CT molecular complexity index is 849. The molecule has 0 unspecified atom stereocenters. The molecule has 0 fully saturated rings. The number of benzene rings is 2. The second-order valence-electron chi connectivity index (χ2n) is 5.48. The molecule has 0 saturated heterocycles. The minimum Gasteiger partial charge on any atom is -0.489 e. The zero-order valence-corrected chi connectivity index (χ0v) is 14.4. The Morgan fingerprint density at radius 2 is 1.96 bits per heavy atom. The van der Waals surface area contributed by atoms with Crippen molar-refractivity contribution in [1.29, 1.82) is 0 Å². The molecule has 0 aromatic heterocycles. The summed E-state index contributed by atoms with van der Waals surface area (Å²) in [5.41, 5.74) is 1.93. The van der Waals surface area contributed by atoms with E-state index in [1.165, 1.54) is 0 Å². The molecule has 0 spiro atoms. The van der Waals surface area contributed by atoms with Crippen LogP contribution in [0.15, 0.2) is 54.3 Å². The molecule has 0 N–H and O–H groups in total. The molecular formula is C19H14Cl2O3. The molecule has 0 aliphatic carbocycles. The lowest BCUT2D eigenvalue weighted by atomic mass is 10.1. The molecule has 2 aromatic carbocycles. The number of hydrogen-bond acceptors (Lipinski definition) is 3. The summed E-state index contributed by atoms with van der Waals surface area (Å²) in [6, 6.07) is 10.2. The maximum absolute atomic E-state index is 12.5. The van der Waals surface area contributed by atoms with Crippen LogP contribution in [0.2, 0.25) is 10.0 Å². The van der Waals surface area contributed by atoms with Gasteiger partial charge in [0.25, 0.3) is 0 Å². The van der Waals surface area contributed by atoms with Gasteiger partial charge in [-0.25, -0.2) is 0 Å². The number of carbonyl (C=O) groups excluding carboxylic acids is 1. The highest BCUT2D eigenvalue weighted by molar-refractivity contribution is 6.37. The molecule has 3 rings (SSSR count). The predicted octanol–water partition coefficient (Wildman–Crippen LogP) is 5.56. The van der Waals surface area contributed by atoms with Crippen molar-refractivity contribution in [3.63, 3.8) is 0 Å². The van der Waals surface area contributed by atoms with Gasteiger partial charge in [-0.3, -0.25) is 4.79 Å². The number of hydrogen-bond donors (Lipinski definition) is 0. The number of fused-ring (bicyclic) bond motifs is 1. The van der Waals surface area contributed by atoms with Crippen molar-refractivity contribution >= 4 is 35.1 Å². The van der Waals surface area contributed by atoms with Crippen molar-refractivity contribution in [2.24, 2.45) is 0 Å². The van der Waals surface area contributed by atoms with Gasteiger partial charge >= 0.3 is 0 Å². The standard InChI is InChI=1S/C19H14Cl2O3/c1-11(2)10-23-12-6-7-13-17(8-12)24-18(19(13)22)9-14-15(20)4-3-5-16(14)21/h3-9H,1,10H2,2H3/b18-9-. The lowest BCUT2D eigenvalue weighted by Crippen LogP contribution is -1.98. The van der Waals surface area contributed by atoms with Crippen LogP contribution in [0.25, 0.3) is 6.08 Å². The van der Waals surface area contributed by atoms with Gasteiger partial charge < -0.3 is 9.47 Å². The van der Waals surface area contributed by atoms with Crippen LogP contribution < -0.4 is 9.47 Å². The van der Waals surface area contributed by atoms with Crippen LogP contribution in [0.5, 0.6) is 11.5 Å². The second-order valence-corrected chi connectivity index (χ2v) is 6.29. The first kappa shape index (κ1) is 16.6. The highest BCUT2D eigenvalue weighted by Gasteiger charge is 2.28. The van der Waals surface area contributed by atoms with Gasteiger partial charge in [0.15, 0.2) is 5.76 Å². The molecule has 1 aliphatic rings. The van der Waals surface area contributed by atoms with Crippen molar-refractivity contribution < 1.29 is 14.3 Å². The summed E-state index contributed by atoms with van der Waals surface area (Å²) >= 11 is 12.3. The first-order valence-corrected chi connectivity index (χ1v) is 8.01. The van der Waals surface area contributed by atoms with Gasteiger partial charge in [-0.1, -0.05) is 35.8 Å². The minimum absolute atomic E-state index is 0.178. The zero-order chi connectivity index (χ0) is 17.3. The van der Waals surface area contributed by atoms with Crippen LogP contribution in [0, 0.1) is 0 Å². The molecule has 0 bridgehead atoms. The predicted molar refractivity (Wildman–Crippen MR) is 96.1 cm³/mol. The Morgan fingerprint density at radius 1 is 1.25 bits per heavy atom. The van der Waals surface area contributed by atoms with Crippen LogP contribution in [-0.2, 0) is 0 Å². The van der Waals surface area contributed by atoms with E-state index in [0.717, 1.165) is 5.57 Å². The Labute approximate surface area is 150 Å². The largest absolute Gasteiger partial charge is 0.489 e.